The molecule has 1 aliphatic heterocycles. The Morgan fingerprint density at radius 2 is 2.11 bits per heavy atom. The lowest BCUT2D eigenvalue weighted by atomic mass is 9.85. The number of carboxylic acid groups (broad SMARTS) is 1. The van der Waals surface area contributed by atoms with Crippen molar-refractivity contribution in [2.45, 2.75) is 38.5 Å². The summed E-state index contributed by atoms with van der Waals surface area (Å²) in [4.78, 5) is 13.6. The minimum atomic E-state index is -0.647. The summed E-state index contributed by atoms with van der Waals surface area (Å²) in [5, 5.41) is 9.31. The van der Waals surface area contributed by atoms with Crippen molar-refractivity contribution in [3.8, 4) is 0 Å². The van der Waals surface area contributed by atoms with Crippen LogP contribution in [-0.2, 0) is 11.2 Å². The van der Waals surface area contributed by atoms with Crippen molar-refractivity contribution in [1.82, 2.24) is 4.90 Å². The zero-order chi connectivity index (χ0) is 19.3. The summed E-state index contributed by atoms with van der Waals surface area (Å²) in [7, 11) is 0. The number of likely N-dealkylation sites (tertiary alicyclic amines) is 1. The van der Waals surface area contributed by atoms with Gasteiger partial charge in [0.15, 0.2) is 0 Å². The number of benzene rings is 1. The molecular weight excluding hydrogens is 346 g/mol. The van der Waals surface area contributed by atoms with Gasteiger partial charge in [-0.25, -0.2) is 0 Å². The topological polar surface area (TPSA) is 40.5 Å². The van der Waals surface area contributed by atoms with Crippen molar-refractivity contribution >= 4 is 11.5 Å². The van der Waals surface area contributed by atoms with Crippen molar-refractivity contribution in [3.05, 3.63) is 76.9 Å². The summed E-state index contributed by atoms with van der Waals surface area (Å²) in [6.45, 7) is 2.64. The van der Waals surface area contributed by atoms with Crippen LogP contribution in [0.1, 0.15) is 43.2 Å². The molecule has 3 nitrogen and oxygen atoms in total. The van der Waals surface area contributed by atoms with Crippen molar-refractivity contribution in [2.75, 3.05) is 19.6 Å². The molecule has 2 aliphatic carbocycles. The van der Waals surface area contributed by atoms with Gasteiger partial charge in [0.05, 0.1) is 5.92 Å². The highest BCUT2D eigenvalue weighted by Crippen LogP contribution is 2.33. The summed E-state index contributed by atoms with van der Waals surface area (Å²) in [6, 6.07) is 8.76. The fourth-order valence-corrected chi connectivity index (χ4v) is 4.60. The molecule has 1 heterocycles. The fourth-order valence-electron chi connectivity index (χ4n) is 4.60. The first-order valence-electron chi connectivity index (χ1n) is 10.5. The van der Waals surface area contributed by atoms with Gasteiger partial charge in [0.2, 0.25) is 0 Å². The van der Waals surface area contributed by atoms with Gasteiger partial charge < -0.3 is 10.0 Å². The molecule has 3 heteroatoms. The largest absolute Gasteiger partial charge is 0.481 e. The zero-order valence-corrected chi connectivity index (χ0v) is 16.4. The van der Waals surface area contributed by atoms with E-state index in [2.05, 4.69) is 59.5 Å². The van der Waals surface area contributed by atoms with Crippen LogP contribution in [0.15, 0.2) is 65.8 Å². The highest BCUT2D eigenvalue weighted by molar-refractivity contribution is 5.78. The van der Waals surface area contributed by atoms with Gasteiger partial charge in [-0.05, 0) is 72.9 Å². The van der Waals surface area contributed by atoms with Gasteiger partial charge in [0.25, 0.3) is 0 Å². The van der Waals surface area contributed by atoms with Crippen molar-refractivity contribution in [2.24, 2.45) is 5.92 Å². The quantitative estimate of drug-likeness (QED) is 0.804. The average molecular weight is 376 g/mol. The SMILES string of the molecule is O=C(O)C1CCCN(CCC=C2C=C3CC=CC=C3CCc3ccccc32)C1. The molecule has 0 aromatic heterocycles. The summed E-state index contributed by atoms with van der Waals surface area (Å²) >= 11 is 0. The van der Waals surface area contributed by atoms with E-state index in [1.807, 2.05) is 0 Å². The van der Waals surface area contributed by atoms with Crippen LogP contribution in [-0.4, -0.2) is 35.6 Å². The van der Waals surface area contributed by atoms with Crippen molar-refractivity contribution in [3.63, 3.8) is 0 Å². The maximum absolute atomic E-state index is 11.3. The number of hydrogen-bond donors (Lipinski definition) is 1. The van der Waals surface area contributed by atoms with Crippen LogP contribution in [0.5, 0.6) is 0 Å². The Morgan fingerprint density at radius 3 is 3.00 bits per heavy atom. The van der Waals surface area contributed by atoms with Crippen LogP contribution in [0.4, 0.5) is 0 Å². The Bertz CT molecular complexity index is 859. The molecule has 4 rings (SSSR count). The molecule has 1 unspecified atom stereocenters. The molecule has 1 saturated heterocycles. The second-order valence-corrected chi connectivity index (χ2v) is 8.08. The maximum Gasteiger partial charge on any atom is 0.307 e. The van der Waals surface area contributed by atoms with Gasteiger partial charge >= 0.3 is 5.97 Å². The number of allylic oxidation sites excluding steroid dienone is 7. The van der Waals surface area contributed by atoms with Crippen molar-refractivity contribution < 1.29 is 9.90 Å². The predicted octanol–water partition coefficient (Wildman–Crippen LogP) is 5.02. The van der Waals surface area contributed by atoms with Gasteiger partial charge in [-0.3, -0.25) is 4.79 Å². The van der Waals surface area contributed by atoms with Gasteiger partial charge in [-0.1, -0.05) is 54.6 Å². The summed E-state index contributed by atoms with van der Waals surface area (Å²) < 4.78 is 0. The molecule has 0 bridgehead atoms. The Balaban J connectivity index is 1.53. The van der Waals surface area contributed by atoms with E-state index in [9.17, 15) is 9.90 Å². The normalized spacial score (nSPS) is 23.9. The third-order valence-corrected chi connectivity index (χ3v) is 6.17. The van der Waals surface area contributed by atoms with Gasteiger partial charge in [0.1, 0.15) is 0 Å². The molecule has 1 aromatic carbocycles. The number of rotatable bonds is 4. The Labute approximate surface area is 167 Å². The molecule has 0 radical (unpaired) electrons. The highest BCUT2D eigenvalue weighted by Gasteiger charge is 2.24. The van der Waals surface area contributed by atoms with E-state index in [0.29, 0.717) is 6.54 Å². The number of fused-ring (bicyclic) bond motifs is 2. The lowest BCUT2D eigenvalue weighted by Crippen LogP contribution is -2.39. The zero-order valence-electron chi connectivity index (χ0n) is 16.4. The third kappa shape index (κ3) is 4.36. The minimum absolute atomic E-state index is 0.202. The van der Waals surface area contributed by atoms with E-state index >= 15 is 0 Å². The molecular formula is C25H29NO2. The first kappa shape index (κ1) is 18.9. The molecule has 0 saturated carbocycles. The third-order valence-electron chi connectivity index (χ3n) is 6.17. The molecule has 1 aromatic rings. The van der Waals surface area contributed by atoms with E-state index < -0.39 is 5.97 Å². The molecule has 146 valence electrons. The Morgan fingerprint density at radius 1 is 1.21 bits per heavy atom. The van der Waals surface area contributed by atoms with Crippen LogP contribution in [0.3, 0.4) is 0 Å². The van der Waals surface area contributed by atoms with Gasteiger partial charge in [-0.15, -0.1) is 0 Å². The first-order chi connectivity index (χ1) is 13.7. The number of aliphatic carboxylic acids is 1. The van der Waals surface area contributed by atoms with E-state index in [4.69, 9.17) is 0 Å². The number of carbonyl (C=O) groups is 1. The van der Waals surface area contributed by atoms with Gasteiger partial charge in [0, 0.05) is 13.1 Å². The van der Waals surface area contributed by atoms with E-state index in [1.54, 1.807) is 0 Å². The summed E-state index contributed by atoms with van der Waals surface area (Å²) in [5.74, 6) is -0.848. The maximum atomic E-state index is 11.3. The summed E-state index contributed by atoms with van der Waals surface area (Å²) in [5.41, 5.74) is 6.99. The number of aryl methyl sites for hydroxylation is 1. The van der Waals surface area contributed by atoms with Crippen LogP contribution in [0.2, 0.25) is 0 Å². The smallest absolute Gasteiger partial charge is 0.307 e. The second kappa shape index (κ2) is 8.74. The predicted molar refractivity (Wildman–Crippen MR) is 114 cm³/mol. The van der Waals surface area contributed by atoms with E-state index in [1.165, 1.54) is 27.8 Å². The molecule has 1 fully saturated rings. The fraction of sp³-hybridized carbons (Fsp3) is 0.400. The standard InChI is InChI=1S/C25H29NO2/c27-25(28)23-11-6-16-26(18-23)15-5-10-22-17-21-9-2-1-7-19(21)13-14-20-8-3-4-12-24(20)22/h1-4,7-8,10,12,17,23H,5-6,9,11,13-16,18H2,(H,27,28). The number of carboxylic acids is 1. The molecule has 1 N–H and O–H groups in total. The molecule has 28 heavy (non-hydrogen) atoms. The van der Waals surface area contributed by atoms with Crippen LogP contribution in [0, 0.1) is 5.92 Å². The number of hydrogen-bond acceptors (Lipinski definition) is 2. The lowest BCUT2D eigenvalue weighted by Gasteiger charge is -2.30. The van der Waals surface area contributed by atoms with Crippen LogP contribution >= 0.6 is 0 Å². The molecule has 0 spiro atoms. The van der Waals surface area contributed by atoms with Crippen molar-refractivity contribution in [1.29, 1.82) is 0 Å². The van der Waals surface area contributed by atoms with Crippen LogP contribution < -0.4 is 0 Å². The highest BCUT2D eigenvalue weighted by atomic mass is 16.4. The first-order valence-corrected chi connectivity index (χ1v) is 10.5. The minimum Gasteiger partial charge on any atom is -0.481 e. The Kier molecular flexibility index (Phi) is 5.92. The molecule has 3 aliphatic rings. The molecule has 0 amide bonds. The second-order valence-electron chi connectivity index (χ2n) is 8.08. The van der Waals surface area contributed by atoms with E-state index in [0.717, 1.165) is 51.6 Å². The average Bonchev–Trinajstić information content (AvgIpc) is 2.71. The van der Waals surface area contributed by atoms with Crippen LogP contribution in [0.25, 0.3) is 5.57 Å². The van der Waals surface area contributed by atoms with E-state index in [-0.39, 0.29) is 5.92 Å². The Hall–Kier alpha value is -2.39. The lowest BCUT2D eigenvalue weighted by molar-refractivity contribution is -0.143. The summed E-state index contributed by atoms with van der Waals surface area (Å²) in [6.07, 6.45) is 17.4. The monoisotopic (exact) mass is 375 g/mol. The number of nitrogens with zero attached hydrogens (tertiary/aromatic N) is 1. The number of piperidine rings is 1. The molecule has 1 atom stereocenters. The van der Waals surface area contributed by atoms with Gasteiger partial charge in [-0.2, -0.15) is 0 Å².